The Morgan fingerprint density at radius 2 is 1.72 bits per heavy atom. The van der Waals surface area contributed by atoms with E-state index in [-0.39, 0.29) is 17.4 Å². The lowest BCUT2D eigenvalue weighted by Crippen LogP contribution is -2.51. The molecule has 2 heterocycles. The van der Waals surface area contributed by atoms with Gasteiger partial charge in [0.2, 0.25) is 5.91 Å². The highest BCUT2D eigenvalue weighted by Gasteiger charge is 2.26. The Kier molecular flexibility index (Phi) is 4.88. The molecule has 2 aromatic rings. The van der Waals surface area contributed by atoms with Gasteiger partial charge >= 0.3 is 0 Å². The highest BCUT2D eigenvalue weighted by Crippen LogP contribution is 2.15. The van der Waals surface area contributed by atoms with Crippen LogP contribution in [0.25, 0.3) is 0 Å². The summed E-state index contributed by atoms with van der Waals surface area (Å²) in [6, 6.07) is 7.98. The maximum absolute atomic E-state index is 13.8. The minimum atomic E-state index is -0.510. The van der Waals surface area contributed by atoms with E-state index >= 15 is 0 Å². The zero-order valence-electron chi connectivity index (χ0n) is 14.5. The normalized spacial score (nSPS) is 14.7. The van der Waals surface area contributed by atoms with Crippen LogP contribution in [0, 0.1) is 19.7 Å². The maximum atomic E-state index is 13.8. The van der Waals surface area contributed by atoms with Crippen molar-refractivity contribution in [2.24, 2.45) is 0 Å². The van der Waals surface area contributed by atoms with E-state index in [1.54, 1.807) is 21.9 Å². The summed E-state index contributed by atoms with van der Waals surface area (Å²) < 4.78 is 13.8. The summed E-state index contributed by atoms with van der Waals surface area (Å²) in [4.78, 5) is 31.5. The largest absolute Gasteiger partial charge is 0.362 e. The van der Waals surface area contributed by atoms with Gasteiger partial charge in [-0.2, -0.15) is 0 Å². The van der Waals surface area contributed by atoms with E-state index in [2.05, 4.69) is 4.98 Å². The fraction of sp³-hybridized carbons (Fsp3) is 0.368. The number of aromatic amines is 1. The number of benzene rings is 1. The molecule has 5 nitrogen and oxygen atoms in total. The Balaban J connectivity index is 1.58. The SMILES string of the molecule is Cc1cc(CC(=O)N2CCN(C(=O)c3ccccc3F)CC2)c(C)[nH]1. The number of aryl methyl sites for hydroxylation is 2. The number of rotatable bonds is 3. The minimum absolute atomic E-state index is 0.0556. The molecule has 132 valence electrons. The third-order valence-corrected chi connectivity index (χ3v) is 4.62. The summed E-state index contributed by atoms with van der Waals surface area (Å²) in [5.74, 6) is -0.772. The fourth-order valence-corrected chi connectivity index (χ4v) is 3.20. The van der Waals surface area contributed by atoms with Crippen LogP contribution in [0.2, 0.25) is 0 Å². The van der Waals surface area contributed by atoms with Crippen molar-refractivity contribution in [2.45, 2.75) is 20.3 Å². The Morgan fingerprint density at radius 3 is 2.32 bits per heavy atom. The number of amides is 2. The highest BCUT2D eigenvalue weighted by molar-refractivity contribution is 5.94. The van der Waals surface area contributed by atoms with Gasteiger partial charge in [-0.3, -0.25) is 9.59 Å². The molecule has 1 saturated heterocycles. The highest BCUT2D eigenvalue weighted by atomic mass is 19.1. The second-order valence-corrected chi connectivity index (χ2v) is 6.43. The van der Waals surface area contributed by atoms with Crippen LogP contribution >= 0.6 is 0 Å². The Labute approximate surface area is 146 Å². The number of aromatic nitrogens is 1. The van der Waals surface area contributed by atoms with Gasteiger partial charge < -0.3 is 14.8 Å². The van der Waals surface area contributed by atoms with E-state index in [9.17, 15) is 14.0 Å². The van der Waals surface area contributed by atoms with Gasteiger partial charge in [-0.05, 0) is 37.6 Å². The van der Waals surface area contributed by atoms with Crippen molar-refractivity contribution in [3.8, 4) is 0 Å². The standard InChI is InChI=1S/C19H22FN3O2/c1-13-11-15(14(2)21-13)12-18(24)22-7-9-23(10-8-22)19(25)16-5-3-4-6-17(16)20/h3-6,11,21H,7-10,12H2,1-2H3. The molecule has 2 amide bonds. The molecule has 1 aromatic carbocycles. The third kappa shape index (κ3) is 3.73. The van der Waals surface area contributed by atoms with Crippen molar-refractivity contribution in [1.29, 1.82) is 0 Å². The van der Waals surface area contributed by atoms with E-state index in [4.69, 9.17) is 0 Å². The minimum Gasteiger partial charge on any atom is -0.362 e. The number of hydrogen-bond acceptors (Lipinski definition) is 2. The molecule has 3 rings (SSSR count). The summed E-state index contributed by atoms with van der Waals surface area (Å²) in [6.45, 7) is 5.71. The van der Waals surface area contributed by atoms with Crippen molar-refractivity contribution in [2.75, 3.05) is 26.2 Å². The van der Waals surface area contributed by atoms with E-state index < -0.39 is 5.82 Å². The van der Waals surface area contributed by atoms with Gasteiger partial charge in [-0.25, -0.2) is 4.39 Å². The molecule has 0 radical (unpaired) electrons. The van der Waals surface area contributed by atoms with Gasteiger partial charge in [0.15, 0.2) is 0 Å². The quantitative estimate of drug-likeness (QED) is 0.930. The zero-order chi connectivity index (χ0) is 18.0. The van der Waals surface area contributed by atoms with Gasteiger partial charge in [0, 0.05) is 37.6 Å². The lowest BCUT2D eigenvalue weighted by Gasteiger charge is -2.35. The molecule has 6 heteroatoms. The van der Waals surface area contributed by atoms with Crippen LogP contribution in [0.5, 0.6) is 0 Å². The van der Waals surface area contributed by atoms with E-state index in [0.29, 0.717) is 32.6 Å². The van der Waals surface area contributed by atoms with E-state index in [1.165, 1.54) is 12.1 Å². The molecule has 1 aliphatic heterocycles. The molecule has 0 atom stereocenters. The molecule has 1 aliphatic rings. The van der Waals surface area contributed by atoms with Crippen LogP contribution in [0.1, 0.15) is 27.3 Å². The van der Waals surface area contributed by atoms with Crippen molar-refractivity contribution < 1.29 is 14.0 Å². The Bertz CT molecular complexity index is 792. The van der Waals surface area contributed by atoms with E-state index in [0.717, 1.165) is 17.0 Å². The first kappa shape index (κ1) is 17.2. The second-order valence-electron chi connectivity index (χ2n) is 6.43. The Hall–Kier alpha value is -2.63. The van der Waals surface area contributed by atoms with Crippen LogP contribution < -0.4 is 0 Å². The van der Waals surface area contributed by atoms with Crippen molar-refractivity contribution in [3.05, 3.63) is 58.7 Å². The monoisotopic (exact) mass is 343 g/mol. The van der Waals surface area contributed by atoms with Crippen LogP contribution in [0.4, 0.5) is 4.39 Å². The number of nitrogens with zero attached hydrogens (tertiary/aromatic N) is 2. The molecule has 0 bridgehead atoms. The van der Waals surface area contributed by atoms with Crippen LogP contribution in [0.3, 0.4) is 0 Å². The molecule has 0 aliphatic carbocycles. The molecule has 1 aromatic heterocycles. The van der Waals surface area contributed by atoms with Crippen LogP contribution in [0.15, 0.2) is 30.3 Å². The first-order valence-corrected chi connectivity index (χ1v) is 8.42. The van der Waals surface area contributed by atoms with Gasteiger partial charge in [0.25, 0.3) is 5.91 Å². The summed E-state index contributed by atoms with van der Waals surface area (Å²) in [6.07, 6.45) is 0.359. The predicted molar refractivity (Wildman–Crippen MR) is 92.9 cm³/mol. The molecule has 0 saturated carbocycles. The molecule has 1 N–H and O–H groups in total. The van der Waals surface area contributed by atoms with Gasteiger partial charge in [0.1, 0.15) is 5.82 Å². The Morgan fingerprint density at radius 1 is 1.08 bits per heavy atom. The molecular weight excluding hydrogens is 321 g/mol. The number of piperazine rings is 1. The van der Waals surface area contributed by atoms with Crippen LogP contribution in [-0.4, -0.2) is 52.8 Å². The molecule has 25 heavy (non-hydrogen) atoms. The fourth-order valence-electron chi connectivity index (χ4n) is 3.20. The van der Waals surface area contributed by atoms with Gasteiger partial charge in [-0.1, -0.05) is 12.1 Å². The lowest BCUT2D eigenvalue weighted by molar-refractivity contribution is -0.131. The number of H-pyrrole nitrogens is 1. The van der Waals surface area contributed by atoms with Crippen molar-refractivity contribution in [1.82, 2.24) is 14.8 Å². The summed E-state index contributed by atoms with van der Waals surface area (Å²) in [7, 11) is 0. The van der Waals surface area contributed by atoms with Crippen molar-refractivity contribution >= 4 is 11.8 Å². The average molecular weight is 343 g/mol. The zero-order valence-corrected chi connectivity index (χ0v) is 14.5. The summed E-state index contributed by atoms with van der Waals surface area (Å²) >= 11 is 0. The third-order valence-electron chi connectivity index (χ3n) is 4.62. The van der Waals surface area contributed by atoms with Crippen molar-refractivity contribution in [3.63, 3.8) is 0 Å². The number of halogens is 1. The number of nitrogens with one attached hydrogen (secondary N) is 1. The number of carbonyl (C=O) groups is 2. The van der Waals surface area contributed by atoms with E-state index in [1.807, 2.05) is 19.9 Å². The smallest absolute Gasteiger partial charge is 0.256 e. The second kappa shape index (κ2) is 7.09. The molecule has 0 unspecified atom stereocenters. The van der Waals surface area contributed by atoms with Gasteiger partial charge in [0.05, 0.1) is 12.0 Å². The average Bonchev–Trinajstić information content (AvgIpc) is 2.92. The molecule has 0 spiro atoms. The first-order valence-electron chi connectivity index (χ1n) is 8.42. The first-order chi connectivity index (χ1) is 12.0. The number of carbonyl (C=O) groups excluding carboxylic acids is 2. The maximum Gasteiger partial charge on any atom is 0.256 e. The summed E-state index contributed by atoms with van der Waals surface area (Å²) in [5.41, 5.74) is 3.15. The topological polar surface area (TPSA) is 56.4 Å². The lowest BCUT2D eigenvalue weighted by atomic mass is 10.1. The molecule has 1 fully saturated rings. The predicted octanol–water partition coefficient (Wildman–Crippen LogP) is 2.30. The molecular formula is C19H22FN3O2. The summed E-state index contributed by atoms with van der Waals surface area (Å²) in [5, 5.41) is 0. The van der Waals surface area contributed by atoms with Crippen LogP contribution in [-0.2, 0) is 11.2 Å². The van der Waals surface area contributed by atoms with Gasteiger partial charge in [-0.15, -0.1) is 0 Å². The number of hydrogen-bond donors (Lipinski definition) is 1.